The van der Waals surface area contributed by atoms with E-state index in [0.29, 0.717) is 5.56 Å². The number of alkyl carbamates (subject to hydrolysis) is 1. The second kappa shape index (κ2) is 8.09. The molecule has 0 aliphatic carbocycles. The highest BCUT2D eigenvalue weighted by atomic mass is 16.5. The Bertz CT molecular complexity index is 920. The van der Waals surface area contributed by atoms with Gasteiger partial charge < -0.3 is 10.1 Å². The molecule has 26 heavy (non-hydrogen) atoms. The average Bonchev–Trinajstić information content (AvgIpc) is 2.70. The number of hydroxylamine groups is 1. The van der Waals surface area contributed by atoms with Gasteiger partial charge in [-0.2, -0.15) is 0 Å². The number of nitrogens with one attached hydrogen (secondary N) is 2. The number of ether oxygens (including phenoxy) is 1. The SMILES string of the molecule is O=C(NCc1ccc(C(=O)NO)cc1)OCc1ccnc2ccccc12. The second-order valence-corrected chi connectivity index (χ2v) is 5.55. The van der Waals surface area contributed by atoms with Crippen LogP contribution in [0.2, 0.25) is 0 Å². The number of rotatable bonds is 5. The smallest absolute Gasteiger partial charge is 0.407 e. The summed E-state index contributed by atoms with van der Waals surface area (Å²) in [6.07, 6.45) is 1.14. The van der Waals surface area contributed by atoms with E-state index in [1.54, 1.807) is 35.9 Å². The van der Waals surface area contributed by atoms with Gasteiger partial charge in [0.05, 0.1) is 5.52 Å². The van der Waals surface area contributed by atoms with E-state index >= 15 is 0 Å². The summed E-state index contributed by atoms with van der Waals surface area (Å²) in [6, 6.07) is 15.9. The normalized spacial score (nSPS) is 10.3. The Morgan fingerprint density at radius 1 is 1.04 bits per heavy atom. The molecule has 1 heterocycles. The highest BCUT2D eigenvalue weighted by molar-refractivity contribution is 5.93. The largest absolute Gasteiger partial charge is 0.445 e. The summed E-state index contributed by atoms with van der Waals surface area (Å²) in [5.74, 6) is -0.589. The molecular weight excluding hydrogens is 334 g/mol. The molecule has 2 aromatic carbocycles. The highest BCUT2D eigenvalue weighted by Gasteiger charge is 2.07. The minimum absolute atomic E-state index is 0.143. The predicted molar refractivity (Wildman–Crippen MR) is 94.5 cm³/mol. The zero-order valence-corrected chi connectivity index (χ0v) is 13.8. The van der Waals surface area contributed by atoms with Gasteiger partial charge >= 0.3 is 6.09 Å². The minimum atomic E-state index is -0.589. The van der Waals surface area contributed by atoms with Crippen molar-refractivity contribution in [1.82, 2.24) is 15.8 Å². The molecule has 0 bridgehead atoms. The maximum absolute atomic E-state index is 11.9. The van der Waals surface area contributed by atoms with Crippen molar-refractivity contribution in [3.63, 3.8) is 0 Å². The molecule has 0 aliphatic heterocycles. The summed E-state index contributed by atoms with van der Waals surface area (Å²) < 4.78 is 5.26. The van der Waals surface area contributed by atoms with Crippen molar-refractivity contribution in [2.24, 2.45) is 0 Å². The van der Waals surface area contributed by atoms with Gasteiger partial charge in [-0.15, -0.1) is 0 Å². The van der Waals surface area contributed by atoms with Gasteiger partial charge in [0.1, 0.15) is 6.61 Å². The lowest BCUT2D eigenvalue weighted by Gasteiger charge is -2.09. The molecule has 0 saturated carbocycles. The van der Waals surface area contributed by atoms with Crippen LogP contribution < -0.4 is 10.8 Å². The molecule has 3 aromatic rings. The van der Waals surface area contributed by atoms with E-state index in [1.807, 2.05) is 30.3 Å². The third-order valence-electron chi connectivity index (χ3n) is 3.85. The van der Waals surface area contributed by atoms with Gasteiger partial charge in [-0.05, 0) is 29.8 Å². The van der Waals surface area contributed by atoms with Crippen LogP contribution in [0, 0.1) is 0 Å². The van der Waals surface area contributed by atoms with Crippen molar-refractivity contribution in [1.29, 1.82) is 0 Å². The third-order valence-corrected chi connectivity index (χ3v) is 3.85. The van der Waals surface area contributed by atoms with Gasteiger partial charge in [-0.1, -0.05) is 30.3 Å². The molecule has 0 unspecified atom stereocenters. The standard InChI is InChI=1S/C19H17N3O4/c23-18(22-25)14-7-5-13(6-8-14)11-21-19(24)26-12-15-9-10-20-17-4-2-1-3-16(15)17/h1-10,25H,11-12H2,(H,21,24)(H,22,23). The van der Waals surface area contributed by atoms with Crippen LogP contribution in [0.1, 0.15) is 21.5 Å². The molecule has 7 nitrogen and oxygen atoms in total. The Labute approximate surface area is 149 Å². The average molecular weight is 351 g/mol. The predicted octanol–water partition coefficient (Wildman–Crippen LogP) is 2.78. The molecule has 3 N–H and O–H groups in total. The number of benzene rings is 2. The van der Waals surface area contributed by atoms with Crippen molar-refractivity contribution in [3.05, 3.63) is 77.5 Å². The lowest BCUT2D eigenvalue weighted by Crippen LogP contribution is -2.24. The van der Waals surface area contributed by atoms with E-state index in [0.717, 1.165) is 22.0 Å². The van der Waals surface area contributed by atoms with Gasteiger partial charge in [-0.25, -0.2) is 10.3 Å². The second-order valence-electron chi connectivity index (χ2n) is 5.55. The first-order valence-electron chi connectivity index (χ1n) is 7.94. The van der Waals surface area contributed by atoms with Crippen LogP contribution in [-0.4, -0.2) is 22.2 Å². The number of fused-ring (bicyclic) bond motifs is 1. The number of nitrogens with zero attached hydrogens (tertiary/aromatic N) is 1. The van der Waals surface area contributed by atoms with E-state index in [2.05, 4.69) is 10.3 Å². The number of carbonyl (C=O) groups is 2. The number of amides is 2. The van der Waals surface area contributed by atoms with Crippen molar-refractivity contribution < 1.29 is 19.5 Å². The minimum Gasteiger partial charge on any atom is -0.445 e. The van der Waals surface area contributed by atoms with Crippen LogP contribution in [0.15, 0.2) is 60.8 Å². The first-order chi connectivity index (χ1) is 12.7. The Morgan fingerprint density at radius 3 is 2.58 bits per heavy atom. The molecule has 0 fully saturated rings. The Kier molecular flexibility index (Phi) is 5.40. The lowest BCUT2D eigenvalue weighted by atomic mass is 10.1. The molecule has 1 aromatic heterocycles. The van der Waals surface area contributed by atoms with E-state index in [1.165, 1.54) is 0 Å². The van der Waals surface area contributed by atoms with E-state index in [4.69, 9.17) is 9.94 Å². The highest BCUT2D eigenvalue weighted by Crippen LogP contribution is 2.16. The summed E-state index contributed by atoms with van der Waals surface area (Å²) in [4.78, 5) is 27.4. The van der Waals surface area contributed by atoms with Gasteiger partial charge in [0, 0.05) is 29.3 Å². The monoisotopic (exact) mass is 351 g/mol. The van der Waals surface area contributed by atoms with Crippen molar-refractivity contribution in [2.75, 3.05) is 0 Å². The molecule has 0 atom stereocenters. The van der Waals surface area contributed by atoms with Crippen LogP contribution in [0.5, 0.6) is 0 Å². The van der Waals surface area contributed by atoms with Gasteiger partial charge in [0.25, 0.3) is 5.91 Å². The fourth-order valence-corrected chi connectivity index (χ4v) is 2.49. The number of pyridine rings is 1. The summed E-state index contributed by atoms with van der Waals surface area (Å²) in [7, 11) is 0. The molecule has 7 heteroatoms. The molecule has 0 radical (unpaired) electrons. The number of carbonyl (C=O) groups excluding carboxylic acids is 2. The van der Waals surface area contributed by atoms with Gasteiger partial charge in [-0.3, -0.25) is 15.0 Å². The fourth-order valence-electron chi connectivity index (χ4n) is 2.49. The maximum atomic E-state index is 11.9. The van der Waals surface area contributed by atoms with Crippen molar-refractivity contribution >= 4 is 22.9 Å². The molecule has 0 aliphatic rings. The van der Waals surface area contributed by atoms with Crippen LogP contribution in [0.4, 0.5) is 4.79 Å². The Balaban J connectivity index is 1.53. The van der Waals surface area contributed by atoms with Crippen LogP contribution in [0.25, 0.3) is 10.9 Å². The number of aromatic nitrogens is 1. The molecule has 0 spiro atoms. The summed E-state index contributed by atoms with van der Waals surface area (Å²) >= 11 is 0. The van der Waals surface area contributed by atoms with Crippen molar-refractivity contribution in [3.8, 4) is 0 Å². The van der Waals surface area contributed by atoms with Crippen LogP contribution in [0.3, 0.4) is 0 Å². The number of para-hydroxylation sites is 1. The number of hydrogen-bond donors (Lipinski definition) is 3. The molecule has 3 rings (SSSR count). The summed E-state index contributed by atoms with van der Waals surface area (Å²) in [5.41, 5.74) is 4.41. The summed E-state index contributed by atoms with van der Waals surface area (Å²) in [6.45, 7) is 0.404. The fraction of sp³-hybridized carbons (Fsp3) is 0.105. The summed E-state index contributed by atoms with van der Waals surface area (Å²) in [5, 5.41) is 12.2. The zero-order valence-electron chi connectivity index (χ0n) is 13.8. The van der Waals surface area contributed by atoms with E-state index in [9.17, 15) is 9.59 Å². The lowest BCUT2D eigenvalue weighted by molar-refractivity contribution is 0.0706. The topological polar surface area (TPSA) is 101 Å². The molecule has 132 valence electrons. The third kappa shape index (κ3) is 4.14. The molecule has 2 amide bonds. The number of hydrogen-bond acceptors (Lipinski definition) is 5. The molecule has 0 saturated heterocycles. The maximum Gasteiger partial charge on any atom is 0.407 e. The van der Waals surface area contributed by atoms with Gasteiger partial charge in [0.15, 0.2) is 0 Å². The van der Waals surface area contributed by atoms with E-state index < -0.39 is 12.0 Å². The first-order valence-corrected chi connectivity index (χ1v) is 7.94. The Hall–Kier alpha value is -3.45. The quantitative estimate of drug-likeness (QED) is 0.485. The van der Waals surface area contributed by atoms with Gasteiger partial charge in [0.2, 0.25) is 0 Å². The van der Waals surface area contributed by atoms with E-state index in [-0.39, 0.29) is 13.2 Å². The Morgan fingerprint density at radius 2 is 1.81 bits per heavy atom. The molecular formula is C19H17N3O4. The first kappa shape index (κ1) is 17.4. The van der Waals surface area contributed by atoms with Crippen LogP contribution in [-0.2, 0) is 17.9 Å². The van der Waals surface area contributed by atoms with Crippen LogP contribution >= 0.6 is 0 Å². The zero-order chi connectivity index (χ0) is 18.4. The van der Waals surface area contributed by atoms with Crippen molar-refractivity contribution in [2.45, 2.75) is 13.2 Å².